The van der Waals surface area contributed by atoms with E-state index in [1.807, 2.05) is 6.92 Å². The molecule has 0 saturated heterocycles. The van der Waals surface area contributed by atoms with Crippen LogP contribution in [0.3, 0.4) is 0 Å². The lowest BCUT2D eigenvalue weighted by atomic mass is 10.2. The van der Waals surface area contributed by atoms with E-state index in [1.165, 1.54) is 0 Å². The molecule has 0 unspecified atom stereocenters. The van der Waals surface area contributed by atoms with Crippen LogP contribution in [0.25, 0.3) is 0 Å². The molecule has 0 spiro atoms. The van der Waals surface area contributed by atoms with Gasteiger partial charge in [-0.2, -0.15) is 0 Å². The van der Waals surface area contributed by atoms with Crippen LogP contribution in [0.1, 0.15) is 26.0 Å². The van der Waals surface area contributed by atoms with Gasteiger partial charge in [-0.3, -0.25) is 0 Å². The van der Waals surface area contributed by atoms with Crippen molar-refractivity contribution in [1.29, 1.82) is 0 Å². The molecule has 0 saturated carbocycles. The Morgan fingerprint density at radius 3 is 2.56 bits per heavy atom. The van der Waals surface area contributed by atoms with Crippen molar-refractivity contribution in [2.45, 2.75) is 33.2 Å². The Labute approximate surface area is 115 Å². The SMILES string of the molecule is Cc1nc(N(CCCBr)C(C)C)ccc1Br. The molecule has 0 aliphatic heterocycles. The Kier molecular flexibility index (Phi) is 5.76. The van der Waals surface area contributed by atoms with Crippen LogP contribution in [0.15, 0.2) is 16.6 Å². The van der Waals surface area contributed by atoms with E-state index < -0.39 is 0 Å². The number of pyridine rings is 1. The van der Waals surface area contributed by atoms with Crippen LogP contribution >= 0.6 is 31.9 Å². The maximum Gasteiger partial charge on any atom is 0.129 e. The predicted octanol–water partition coefficient (Wildman–Crippen LogP) is 4.15. The van der Waals surface area contributed by atoms with Crippen molar-refractivity contribution in [2.75, 3.05) is 16.8 Å². The molecule has 1 heterocycles. The number of hydrogen-bond donors (Lipinski definition) is 0. The highest BCUT2D eigenvalue weighted by atomic mass is 79.9. The molecule has 4 heteroatoms. The number of nitrogens with zero attached hydrogens (tertiary/aromatic N) is 2. The first-order chi connectivity index (χ1) is 7.56. The summed E-state index contributed by atoms with van der Waals surface area (Å²) < 4.78 is 1.07. The average Bonchev–Trinajstić information content (AvgIpc) is 2.23. The summed E-state index contributed by atoms with van der Waals surface area (Å²) in [6, 6.07) is 4.62. The molecule has 0 bridgehead atoms. The van der Waals surface area contributed by atoms with Crippen LogP contribution in [-0.4, -0.2) is 22.9 Å². The summed E-state index contributed by atoms with van der Waals surface area (Å²) in [5.41, 5.74) is 1.04. The normalized spacial score (nSPS) is 10.9. The monoisotopic (exact) mass is 348 g/mol. The van der Waals surface area contributed by atoms with Crippen LogP contribution in [-0.2, 0) is 0 Å². The Bertz CT molecular complexity index is 340. The Morgan fingerprint density at radius 1 is 1.38 bits per heavy atom. The maximum atomic E-state index is 4.61. The lowest BCUT2D eigenvalue weighted by molar-refractivity contribution is 0.664. The van der Waals surface area contributed by atoms with E-state index in [0.717, 1.165) is 34.3 Å². The second-order valence-corrected chi connectivity index (χ2v) is 5.71. The smallest absolute Gasteiger partial charge is 0.129 e. The third-order valence-electron chi connectivity index (χ3n) is 2.46. The van der Waals surface area contributed by atoms with Gasteiger partial charge < -0.3 is 4.90 Å². The van der Waals surface area contributed by atoms with Gasteiger partial charge in [-0.25, -0.2) is 4.98 Å². The van der Waals surface area contributed by atoms with Crippen molar-refractivity contribution in [3.8, 4) is 0 Å². The minimum absolute atomic E-state index is 0.479. The van der Waals surface area contributed by atoms with E-state index in [2.05, 4.69) is 67.7 Å². The third kappa shape index (κ3) is 3.74. The standard InChI is InChI=1S/C12H18Br2N2/c1-9(2)16(8-4-7-13)12-6-5-11(14)10(3)15-12/h5-6,9H,4,7-8H2,1-3H3. The molecule has 0 fully saturated rings. The highest BCUT2D eigenvalue weighted by molar-refractivity contribution is 9.10. The third-order valence-corrected chi connectivity index (χ3v) is 3.86. The van der Waals surface area contributed by atoms with E-state index in [0.29, 0.717) is 6.04 Å². The summed E-state index contributed by atoms with van der Waals surface area (Å²) in [7, 11) is 0. The zero-order chi connectivity index (χ0) is 12.1. The van der Waals surface area contributed by atoms with Gasteiger partial charge in [0.25, 0.3) is 0 Å². The summed E-state index contributed by atoms with van der Waals surface area (Å²) in [6.45, 7) is 7.47. The van der Waals surface area contributed by atoms with Crippen LogP contribution in [0.5, 0.6) is 0 Å². The molecule has 1 aromatic rings. The van der Waals surface area contributed by atoms with Crippen molar-refractivity contribution in [3.05, 3.63) is 22.3 Å². The second kappa shape index (κ2) is 6.60. The molecule has 0 N–H and O–H groups in total. The minimum atomic E-state index is 0.479. The fourth-order valence-electron chi connectivity index (χ4n) is 1.56. The summed E-state index contributed by atoms with van der Waals surface area (Å²) in [5.74, 6) is 1.07. The molecule has 0 amide bonds. The summed E-state index contributed by atoms with van der Waals surface area (Å²) >= 11 is 6.95. The molecule has 0 aliphatic rings. The molecule has 1 aromatic heterocycles. The Balaban J connectivity index is 2.88. The van der Waals surface area contributed by atoms with E-state index in [9.17, 15) is 0 Å². The molecular formula is C12H18Br2N2. The first kappa shape index (κ1) is 14.0. The molecular weight excluding hydrogens is 332 g/mol. The fraction of sp³-hybridized carbons (Fsp3) is 0.583. The number of aryl methyl sites for hydroxylation is 1. The zero-order valence-corrected chi connectivity index (χ0v) is 13.2. The van der Waals surface area contributed by atoms with Gasteiger partial charge in [0.1, 0.15) is 5.82 Å². The number of aromatic nitrogens is 1. The van der Waals surface area contributed by atoms with Crippen LogP contribution < -0.4 is 4.90 Å². The van der Waals surface area contributed by atoms with Gasteiger partial charge in [0.15, 0.2) is 0 Å². The predicted molar refractivity (Wildman–Crippen MR) is 77.6 cm³/mol. The first-order valence-corrected chi connectivity index (χ1v) is 7.43. The molecule has 0 aliphatic carbocycles. The van der Waals surface area contributed by atoms with Gasteiger partial charge in [0.2, 0.25) is 0 Å². The van der Waals surface area contributed by atoms with Gasteiger partial charge in [-0.05, 0) is 55.3 Å². The second-order valence-electron chi connectivity index (χ2n) is 4.07. The van der Waals surface area contributed by atoms with Crippen molar-refractivity contribution in [2.24, 2.45) is 0 Å². The topological polar surface area (TPSA) is 16.1 Å². The zero-order valence-electron chi connectivity index (χ0n) is 10.0. The molecule has 90 valence electrons. The molecule has 0 atom stereocenters. The van der Waals surface area contributed by atoms with Crippen molar-refractivity contribution in [1.82, 2.24) is 4.98 Å². The van der Waals surface area contributed by atoms with Crippen LogP contribution in [0.4, 0.5) is 5.82 Å². The lowest BCUT2D eigenvalue weighted by Crippen LogP contribution is -2.32. The van der Waals surface area contributed by atoms with Gasteiger partial charge in [0.05, 0.1) is 5.69 Å². The molecule has 16 heavy (non-hydrogen) atoms. The number of anilines is 1. The number of hydrogen-bond acceptors (Lipinski definition) is 2. The minimum Gasteiger partial charge on any atom is -0.354 e. The summed E-state index contributed by atoms with van der Waals surface area (Å²) in [4.78, 5) is 6.94. The highest BCUT2D eigenvalue weighted by Gasteiger charge is 2.12. The number of rotatable bonds is 5. The van der Waals surface area contributed by atoms with Crippen LogP contribution in [0.2, 0.25) is 0 Å². The highest BCUT2D eigenvalue weighted by Crippen LogP contribution is 2.20. The van der Waals surface area contributed by atoms with E-state index >= 15 is 0 Å². The van der Waals surface area contributed by atoms with Crippen LogP contribution in [0, 0.1) is 6.92 Å². The molecule has 0 radical (unpaired) electrons. The Morgan fingerprint density at radius 2 is 2.06 bits per heavy atom. The van der Waals surface area contributed by atoms with E-state index in [1.54, 1.807) is 0 Å². The Hall–Kier alpha value is -0.0900. The van der Waals surface area contributed by atoms with E-state index in [4.69, 9.17) is 0 Å². The van der Waals surface area contributed by atoms with Crippen molar-refractivity contribution in [3.63, 3.8) is 0 Å². The summed E-state index contributed by atoms with van der Waals surface area (Å²) in [5, 5.41) is 1.03. The van der Waals surface area contributed by atoms with Gasteiger partial charge in [0, 0.05) is 22.4 Å². The van der Waals surface area contributed by atoms with E-state index in [-0.39, 0.29) is 0 Å². The van der Waals surface area contributed by atoms with Crippen molar-refractivity contribution >= 4 is 37.7 Å². The van der Waals surface area contributed by atoms with Gasteiger partial charge in [-0.15, -0.1) is 0 Å². The average molecular weight is 350 g/mol. The number of halogens is 2. The lowest BCUT2D eigenvalue weighted by Gasteiger charge is -2.28. The molecule has 2 nitrogen and oxygen atoms in total. The largest absolute Gasteiger partial charge is 0.354 e. The molecule has 1 rings (SSSR count). The molecule has 0 aromatic carbocycles. The van der Waals surface area contributed by atoms with Gasteiger partial charge >= 0.3 is 0 Å². The summed E-state index contributed by atoms with van der Waals surface area (Å²) in [6.07, 6.45) is 1.13. The first-order valence-electron chi connectivity index (χ1n) is 5.52. The van der Waals surface area contributed by atoms with Crippen molar-refractivity contribution < 1.29 is 0 Å². The fourth-order valence-corrected chi connectivity index (χ4v) is 2.03. The quantitative estimate of drug-likeness (QED) is 0.742. The van der Waals surface area contributed by atoms with Gasteiger partial charge in [-0.1, -0.05) is 15.9 Å². The maximum absolute atomic E-state index is 4.61. The number of alkyl halides is 1.